The Hall–Kier alpha value is -0.540. The molecule has 2 rings (SSSR count). The second-order valence-electron chi connectivity index (χ2n) is 3.84. The molecule has 1 aromatic rings. The van der Waals surface area contributed by atoms with Crippen LogP contribution in [0.25, 0.3) is 0 Å². The molecule has 0 atom stereocenters. The minimum Gasteiger partial charge on any atom is -0.495 e. The Kier molecular flexibility index (Phi) is 3.01. The third-order valence-corrected chi connectivity index (χ3v) is 3.58. The Bertz CT molecular complexity index is 417. The van der Waals surface area contributed by atoms with Gasteiger partial charge in [0.05, 0.1) is 12.1 Å². The van der Waals surface area contributed by atoms with Crippen molar-refractivity contribution in [2.75, 3.05) is 7.11 Å². The lowest BCUT2D eigenvalue weighted by Crippen LogP contribution is -2.16. The lowest BCUT2D eigenvalue weighted by atomic mass is 10.0. The molecule has 1 aliphatic carbocycles. The minimum atomic E-state index is -2.90. The van der Waals surface area contributed by atoms with Gasteiger partial charge in [-0.05, 0) is 25.0 Å². The van der Waals surface area contributed by atoms with Gasteiger partial charge in [0.15, 0.2) is 0 Å². The van der Waals surface area contributed by atoms with Crippen LogP contribution in [0.3, 0.4) is 0 Å². The van der Waals surface area contributed by atoms with E-state index in [1.54, 1.807) is 0 Å². The fourth-order valence-electron chi connectivity index (χ4n) is 1.61. The highest BCUT2D eigenvalue weighted by Gasteiger charge is 2.49. The summed E-state index contributed by atoms with van der Waals surface area (Å²) >= 11 is 11.7. The van der Waals surface area contributed by atoms with E-state index in [0.717, 1.165) is 0 Å². The smallest absolute Gasteiger partial charge is 0.277 e. The Morgan fingerprint density at radius 3 is 2.38 bits per heavy atom. The van der Waals surface area contributed by atoms with Gasteiger partial charge in [0.2, 0.25) is 0 Å². The van der Waals surface area contributed by atoms with E-state index in [2.05, 4.69) is 0 Å². The van der Waals surface area contributed by atoms with Crippen molar-refractivity contribution in [3.8, 4) is 5.75 Å². The van der Waals surface area contributed by atoms with Gasteiger partial charge in [-0.2, -0.15) is 0 Å². The maximum absolute atomic E-state index is 13.8. The predicted molar refractivity (Wildman–Crippen MR) is 59.6 cm³/mol. The number of alkyl halides is 2. The number of halogens is 4. The molecule has 88 valence electrons. The van der Waals surface area contributed by atoms with E-state index in [1.165, 1.54) is 19.2 Å². The predicted octanol–water partition coefficient (Wildman–Crippen LogP) is 4.50. The highest BCUT2D eigenvalue weighted by Crippen LogP contribution is 2.52. The molecule has 0 radical (unpaired) electrons. The number of methoxy groups -OCH3 is 1. The van der Waals surface area contributed by atoms with Crippen LogP contribution in [0.4, 0.5) is 8.78 Å². The van der Waals surface area contributed by atoms with Crippen LogP contribution < -0.4 is 4.74 Å². The Morgan fingerprint density at radius 2 is 1.88 bits per heavy atom. The molecular formula is C11H10Cl2F2O. The Balaban J connectivity index is 2.46. The molecule has 0 bridgehead atoms. The molecule has 0 N–H and O–H groups in total. The van der Waals surface area contributed by atoms with Crippen molar-refractivity contribution < 1.29 is 13.5 Å². The Labute approximate surface area is 102 Å². The topological polar surface area (TPSA) is 9.23 Å². The summed E-state index contributed by atoms with van der Waals surface area (Å²) in [5.41, 5.74) is -0.206. The minimum absolute atomic E-state index is 0.0435. The number of rotatable bonds is 3. The maximum Gasteiger partial charge on any atom is 0.277 e. The van der Waals surface area contributed by atoms with Gasteiger partial charge in [-0.15, -0.1) is 0 Å². The lowest BCUT2D eigenvalue weighted by Gasteiger charge is -2.18. The molecule has 0 unspecified atom stereocenters. The van der Waals surface area contributed by atoms with E-state index in [9.17, 15) is 8.78 Å². The van der Waals surface area contributed by atoms with E-state index in [0.29, 0.717) is 18.6 Å². The van der Waals surface area contributed by atoms with E-state index < -0.39 is 11.8 Å². The molecule has 16 heavy (non-hydrogen) atoms. The van der Waals surface area contributed by atoms with Crippen molar-refractivity contribution in [2.24, 2.45) is 5.92 Å². The van der Waals surface area contributed by atoms with Gasteiger partial charge in [-0.3, -0.25) is 0 Å². The largest absolute Gasteiger partial charge is 0.495 e. The van der Waals surface area contributed by atoms with Gasteiger partial charge >= 0.3 is 0 Å². The van der Waals surface area contributed by atoms with Crippen LogP contribution in [0.1, 0.15) is 18.4 Å². The fourth-order valence-corrected chi connectivity index (χ4v) is 2.14. The lowest BCUT2D eigenvalue weighted by molar-refractivity contribution is -0.0284. The van der Waals surface area contributed by atoms with Crippen molar-refractivity contribution in [3.63, 3.8) is 0 Å². The van der Waals surface area contributed by atoms with Crippen LogP contribution >= 0.6 is 23.2 Å². The third kappa shape index (κ3) is 1.87. The quantitative estimate of drug-likeness (QED) is 0.783. The highest BCUT2D eigenvalue weighted by molar-refractivity contribution is 6.43. The zero-order chi connectivity index (χ0) is 11.9. The molecular weight excluding hydrogens is 257 g/mol. The van der Waals surface area contributed by atoms with E-state index in [-0.39, 0.29) is 15.6 Å². The molecule has 1 nitrogen and oxygen atoms in total. The summed E-state index contributed by atoms with van der Waals surface area (Å²) in [7, 11) is 1.41. The molecule has 0 amide bonds. The van der Waals surface area contributed by atoms with Gasteiger partial charge in [0, 0.05) is 11.5 Å². The zero-order valence-electron chi connectivity index (χ0n) is 8.57. The number of hydrogen-bond donors (Lipinski definition) is 0. The molecule has 0 aliphatic heterocycles. The van der Waals surface area contributed by atoms with Crippen molar-refractivity contribution in [2.45, 2.75) is 18.8 Å². The van der Waals surface area contributed by atoms with E-state index >= 15 is 0 Å². The van der Waals surface area contributed by atoms with Crippen molar-refractivity contribution in [1.29, 1.82) is 0 Å². The van der Waals surface area contributed by atoms with Crippen LogP contribution in [0.5, 0.6) is 5.75 Å². The summed E-state index contributed by atoms with van der Waals surface area (Å²) in [5.74, 6) is -3.19. The average Bonchev–Trinajstić information content (AvgIpc) is 3.05. The summed E-state index contributed by atoms with van der Waals surface area (Å²) in [6.07, 6.45) is 1.07. The molecule has 0 spiro atoms. The molecule has 0 heterocycles. The molecule has 0 saturated heterocycles. The second-order valence-corrected chi connectivity index (χ2v) is 4.60. The highest BCUT2D eigenvalue weighted by atomic mass is 35.5. The van der Waals surface area contributed by atoms with Crippen LogP contribution in [-0.2, 0) is 5.92 Å². The van der Waals surface area contributed by atoms with Crippen LogP contribution in [0, 0.1) is 5.92 Å². The monoisotopic (exact) mass is 266 g/mol. The Morgan fingerprint density at radius 1 is 1.25 bits per heavy atom. The first-order valence-electron chi connectivity index (χ1n) is 4.88. The van der Waals surface area contributed by atoms with Gasteiger partial charge in [0.1, 0.15) is 10.8 Å². The normalized spacial score (nSPS) is 16.3. The first-order chi connectivity index (χ1) is 7.48. The van der Waals surface area contributed by atoms with Crippen molar-refractivity contribution in [3.05, 3.63) is 27.7 Å². The average molecular weight is 267 g/mol. The first-order valence-corrected chi connectivity index (χ1v) is 5.64. The second kappa shape index (κ2) is 4.04. The van der Waals surface area contributed by atoms with Crippen molar-refractivity contribution in [1.82, 2.24) is 0 Å². The van der Waals surface area contributed by atoms with Gasteiger partial charge < -0.3 is 4.74 Å². The first kappa shape index (κ1) is 11.9. The molecule has 0 aromatic heterocycles. The zero-order valence-corrected chi connectivity index (χ0v) is 10.1. The van der Waals surface area contributed by atoms with E-state index in [4.69, 9.17) is 27.9 Å². The van der Waals surface area contributed by atoms with Crippen LogP contribution in [0.15, 0.2) is 12.1 Å². The van der Waals surface area contributed by atoms with Gasteiger partial charge in [-0.1, -0.05) is 23.2 Å². The summed E-state index contributed by atoms with van der Waals surface area (Å²) in [5, 5.41) is -0.0695. The molecule has 5 heteroatoms. The third-order valence-electron chi connectivity index (χ3n) is 2.72. The number of hydrogen-bond acceptors (Lipinski definition) is 1. The number of ether oxygens (including phenoxy) is 1. The SMILES string of the molecule is COc1ccc(C(F)(F)C2CC2)c(Cl)c1Cl. The molecule has 1 saturated carbocycles. The summed E-state index contributed by atoms with van der Waals surface area (Å²) in [4.78, 5) is 0. The molecule has 1 aliphatic rings. The van der Waals surface area contributed by atoms with Gasteiger partial charge in [0.25, 0.3) is 5.92 Å². The van der Waals surface area contributed by atoms with Crippen LogP contribution in [-0.4, -0.2) is 7.11 Å². The maximum atomic E-state index is 13.8. The fraction of sp³-hybridized carbons (Fsp3) is 0.455. The van der Waals surface area contributed by atoms with E-state index in [1.807, 2.05) is 0 Å². The molecule has 1 aromatic carbocycles. The summed E-state index contributed by atoms with van der Waals surface area (Å²) in [6, 6.07) is 2.70. The van der Waals surface area contributed by atoms with Crippen LogP contribution in [0.2, 0.25) is 10.0 Å². The number of benzene rings is 1. The standard InChI is InChI=1S/C11H10Cl2F2O/c1-16-8-5-4-7(9(12)10(8)13)11(14,15)6-2-3-6/h4-6H,2-3H2,1H3. The van der Waals surface area contributed by atoms with Crippen molar-refractivity contribution >= 4 is 23.2 Å². The van der Waals surface area contributed by atoms with Gasteiger partial charge in [-0.25, -0.2) is 8.78 Å². The summed E-state index contributed by atoms with van der Waals surface area (Å²) in [6.45, 7) is 0. The summed E-state index contributed by atoms with van der Waals surface area (Å²) < 4.78 is 32.6. The molecule has 1 fully saturated rings.